The van der Waals surface area contributed by atoms with E-state index in [1.165, 1.54) is 12.8 Å². The lowest BCUT2D eigenvalue weighted by atomic mass is 9.79. The molecular weight excluding hydrogens is 228 g/mol. The Bertz CT molecular complexity index is 252. The van der Waals surface area contributed by atoms with Crippen molar-refractivity contribution in [2.24, 2.45) is 5.92 Å². The molecule has 18 heavy (non-hydrogen) atoms. The molecule has 0 aromatic heterocycles. The van der Waals surface area contributed by atoms with Crippen molar-refractivity contribution in [2.75, 3.05) is 26.3 Å². The van der Waals surface area contributed by atoms with Crippen LogP contribution in [-0.2, 0) is 4.74 Å². The molecule has 4 nitrogen and oxygen atoms in total. The molecule has 3 N–H and O–H groups in total. The van der Waals surface area contributed by atoms with E-state index in [0.29, 0.717) is 0 Å². The van der Waals surface area contributed by atoms with E-state index in [4.69, 9.17) is 4.74 Å². The minimum absolute atomic E-state index is 0.222. The summed E-state index contributed by atoms with van der Waals surface area (Å²) >= 11 is 0. The summed E-state index contributed by atoms with van der Waals surface area (Å²) < 4.78 is 5.46. The highest BCUT2D eigenvalue weighted by Crippen LogP contribution is 2.28. The molecule has 0 bridgehead atoms. The third-order valence-corrected chi connectivity index (χ3v) is 4.50. The lowest BCUT2D eigenvalue weighted by Crippen LogP contribution is -2.56. The summed E-state index contributed by atoms with van der Waals surface area (Å²) in [7, 11) is 0. The maximum absolute atomic E-state index is 10.7. The van der Waals surface area contributed by atoms with E-state index in [2.05, 4.69) is 17.6 Å². The normalized spacial score (nSPS) is 37.2. The van der Waals surface area contributed by atoms with Crippen LogP contribution in [0.15, 0.2) is 0 Å². The molecule has 0 saturated carbocycles. The van der Waals surface area contributed by atoms with Gasteiger partial charge in [-0.15, -0.1) is 0 Å². The minimum Gasteiger partial charge on any atom is -0.388 e. The van der Waals surface area contributed by atoms with E-state index in [1.54, 1.807) is 0 Å². The van der Waals surface area contributed by atoms with Crippen LogP contribution >= 0.6 is 0 Å². The van der Waals surface area contributed by atoms with Crippen LogP contribution in [0.3, 0.4) is 0 Å². The smallest absolute Gasteiger partial charge is 0.0787 e. The summed E-state index contributed by atoms with van der Waals surface area (Å²) in [5.74, 6) is 0.762. The standard InChI is InChI=1S/C14H28N2O2/c1-3-11-4-5-16-13(8-11)14(2,17)9-12-10-18-7-6-15-12/h11-13,15-17H,3-10H2,1-2H3. The van der Waals surface area contributed by atoms with Crippen LogP contribution in [0.5, 0.6) is 0 Å². The summed E-state index contributed by atoms with van der Waals surface area (Å²) in [5, 5.41) is 17.7. The van der Waals surface area contributed by atoms with Crippen LogP contribution in [0, 0.1) is 5.92 Å². The lowest BCUT2D eigenvalue weighted by molar-refractivity contribution is -0.0307. The quantitative estimate of drug-likeness (QED) is 0.699. The Morgan fingerprint density at radius 2 is 2.17 bits per heavy atom. The second kappa shape index (κ2) is 6.33. The monoisotopic (exact) mass is 256 g/mol. The topological polar surface area (TPSA) is 53.5 Å². The number of nitrogens with one attached hydrogen (secondary N) is 2. The van der Waals surface area contributed by atoms with Crippen LogP contribution in [-0.4, -0.2) is 49.1 Å². The number of aliphatic hydroxyl groups is 1. The van der Waals surface area contributed by atoms with Gasteiger partial charge in [0.25, 0.3) is 0 Å². The summed E-state index contributed by atoms with van der Waals surface area (Å²) in [6.07, 6.45) is 4.32. The van der Waals surface area contributed by atoms with Crippen LogP contribution < -0.4 is 10.6 Å². The van der Waals surface area contributed by atoms with Crippen molar-refractivity contribution in [3.63, 3.8) is 0 Å². The average Bonchev–Trinajstić information content (AvgIpc) is 2.39. The van der Waals surface area contributed by atoms with Crippen molar-refractivity contribution < 1.29 is 9.84 Å². The van der Waals surface area contributed by atoms with Crippen molar-refractivity contribution in [1.82, 2.24) is 10.6 Å². The summed E-state index contributed by atoms with van der Waals surface area (Å²) in [5.41, 5.74) is -0.647. The summed E-state index contributed by atoms with van der Waals surface area (Å²) in [6.45, 7) is 7.67. The number of piperidine rings is 1. The zero-order valence-electron chi connectivity index (χ0n) is 11.7. The largest absolute Gasteiger partial charge is 0.388 e. The number of rotatable bonds is 4. The molecule has 4 unspecified atom stereocenters. The predicted molar refractivity (Wildman–Crippen MR) is 72.7 cm³/mol. The zero-order valence-corrected chi connectivity index (χ0v) is 11.7. The fourth-order valence-corrected chi connectivity index (χ4v) is 3.23. The molecule has 2 aliphatic heterocycles. The fraction of sp³-hybridized carbons (Fsp3) is 1.00. The molecule has 0 spiro atoms. The first-order valence-electron chi connectivity index (χ1n) is 7.38. The fourth-order valence-electron chi connectivity index (χ4n) is 3.23. The van der Waals surface area contributed by atoms with Gasteiger partial charge >= 0.3 is 0 Å². The number of hydrogen-bond donors (Lipinski definition) is 3. The van der Waals surface area contributed by atoms with Crippen molar-refractivity contribution in [2.45, 2.75) is 57.2 Å². The summed E-state index contributed by atoms with van der Waals surface area (Å²) in [4.78, 5) is 0. The highest BCUT2D eigenvalue weighted by molar-refractivity contribution is 4.95. The molecule has 106 valence electrons. The van der Waals surface area contributed by atoms with E-state index >= 15 is 0 Å². The third-order valence-electron chi connectivity index (χ3n) is 4.50. The summed E-state index contributed by atoms with van der Waals surface area (Å²) in [6, 6.07) is 0.512. The highest BCUT2D eigenvalue weighted by atomic mass is 16.5. The highest BCUT2D eigenvalue weighted by Gasteiger charge is 2.37. The van der Waals surface area contributed by atoms with Gasteiger partial charge in [0, 0.05) is 18.6 Å². The van der Waals surface area contributed by atoms with E-state index in [9.17, 15) is 5.11 Å². The van der Waals surface area contributed by atoms with Gasteiger partial charge in [-0.1, -0.05) is 13.3 Å². The Balaban J connectivity index is 1.87. The number of ether oxygens (including phenoxy) is 1. The molecule has 0 aromatic rings. The molecule has 0 radical (unpaired) electrons. The Hall–Kier alpha value is -0.160. The van der Waals surface area contributed by atoms with Crippen molar-refractivity contribution in [3.05, 3.63) is 0 Å². The maximum Gasteiger partial charge on any atom is 0.0787 e. The first-order valence-corrected chi connectivity index (χ1v) is 7.38. The molecule has 2 heterocycles. The Morgan fingerprint density at radius 1 is 1.33 bits per heavy atom. The van der Waals surface area contributed by atoms with E-state index in [1.807, 2.05) is 6.92 Å². The SMILES string of the molecule is CCC1CCNC(C(C)(O)CC2COCCN2)C1. The second-order valence-electron chi connectivity index (χ2n) is 6.09. The minimum atomic E-state index is -0.647. The molecule has 2 aliphatic rings. The number of hydrogen-bond acceptors (Lipinski definition) is 4. The van der Waals surface area contributed by atoms with E-state index < -0.39 is 5.60 Å². The van der Waals surface area contributed by atoms with Crippen molar-refractivity contribution >= 4 is 0 Å². The molecule has 2 fully saturated rings. The van der Waals surface area contributed by atoms with Gasteiger partial charge in [0.2, 0.25) is 0 Å². The average molecular weight is 256 g/mol. The van der Waals surface area contributed by atoms with Gasteiger partial charge in [0.1, 0.15) is 0 Å². The molecule has 0 aliphatic carbocycles. The Kier molecular flexibility index (Phi) is 5.01. The van der Waals surface area contributed by atoms with Crippen molar-refractivity contribution in [1.29, 1.82) is 0 Å². The van der Waals surface area contributed by atoms with Crippen LogP contribution in [0.1, 0.15) is 39.5 Å². The first kappa shape index (κ1) is 14.3. The van der Waals surface area contributed by atoms with Gasteiger partial charge in [-0.3, -0.25) is 0 Å². The van der Waals surface area contributed by atoms with Gasteiger partial charge in [0.15, 0.2) is 0 Å². The molecule has 0 aromatic carbocycles. The van der Waals surface area contributed by atoms with Crippen LogP contribution in [0.2, 0.25) is 0 Å². The maximum atomic E-state index is 10.7. The predicted octanol–water partition coefficient (Wildman–Crippen LogP) is 0.894. The first-order chi connectivity index (χ1) is 8.62. The van der Waals surface area contributed by atoms with E-state index in [-0.39, 0.29) is 12.1 Å². The number of morpholine rings is 1. The molecule has 2 rings (SSSR count). The van der Waals surface area contributed by atoms with Gasteiger partial charge in [0.05, 0.1) is 18.8 Å². The third kappa shape index (κ3) is 3.67. The van der Waals surface area contributed by atoms with Crippen LogP contribution in [0.4, 0.5) is 0 Å². The van der Waals surface area contributed by atoms with Gasteiger partial charge in [-0.25, -0.2) is 0 Å². The molecule has 0 amide bonds. The molecule has 2 saturated heterocycles. The lowest BCUT2D eigenvalue weighted by Gasteiger charge is -2.41. The van der Waals surface area contributed by atoms with Crippen molar-refractivity contribution in [3.8, 4) is 0 Å². The second-order valence-corrected chi connectivity index (χ2v) is 6.09. The van der Waals surface area contributed by atoms with Gasteiger partial charge in [-0.2, -0.15) is 0 Å². The van der Waals surface area contributed by atoms with E-state index in [0.717, 1.165) is 45.1 Å². The van der Waals surface area contributed by atoms with Gasteiger partial charge < -0.3 is 20.5 Å². The van der Waals surface area contributed by atoms with Crippen LogP contribution in [0.25, 0.3) is 0 Å². The molecule has 4 heteroatoms. The Morgan fingerprint density at radius 3 is 2.83 bits per heavy atom. The molecule has 4 atom stereocenters. The van der Waals surface area contributed by atoms with Gasteiger partial charge in [-0.05, 0) is 38.6 Å². The zero-order chi connectivity index (χ0) is 13.0. The molecular formula is C14H28N2O2. The Labute approximate surface area is 110 Å².